The van der Waals surface area contributed by atoms with Gasteiger partial charge in [-0.1, -0.05) is 23.7 Å². The predicted molar refractivity (Wildman–Crippen MR) is 81.6 cm³/mol. The van der Waals surface area contributed by atoms with E-state index in [9.17, 15) is 13.2 Å². The number of methoxy groups -OCH3 is 1. The summed E-state index contributed by atoms with van der Waals surface area (Å²) in [6, 6.07) is 10.5. The third kappa shape index (κ3) is 4.31. The van der Waals surface area contributed by atoms with E-state index in [4.69, 9.17) is 16.3 Å². The average Bonchev–Trinajstić information content (AvgIpc) is 2.47. The molecule has 0 atom stereocenters. The van der Waals surface area contributed by atoms with Crippen LogP contribution >= 0.6 is 11.6 Å². The van der Waals surface area contributed by atoms with E-state index in [-0.39, 0.29) is 0 Å². The van der Waals surface area contributed by atoms with Gasteiger partial charge in [0.2, 0.25) is 0 Å². The molecule has 0 unspecified atom stereocenters. The molecule has 0 heterocycles. The monoisotopic (exact) mass is 329 g/mol. The lowest BCUT2D eigenvalue weighted by atomic mass is 10.1. The maximum atomic E-state index is 12.5. The summed E-state index contributed by atoms with van der Waals surface area (Å²) in [5.74, 6) is 0.593. The van der Waals surface area contributed by atoms with Gasteiger partial charge in [0.1, 0.15) is 5.75 Å². The van der Waals surface area contributed by atoms with Crippen LogP contribution in [0.4, 0.5) is 18.9 Å². The van der Waals surface area contributed by atoms with Gasteiger partial charge in [0.25, 0.3) is 0 Å². The van der Waals surface area contributed by atoms with Gasteiger partial charge >= 0.3 is 6.18 Å². The zero-order valence-corrected chi connectivity index (χ0v) is 12.6. The van der Waals surface area contributed by atoms with Gasteiger partial charge in [0.15, 0.2) is 0 Å². The van der Waals surface area contributed by atoms with E-state index >= 15 is 0 Å². The first kappa shape index (κ1) is 16.5. The molecule has 0 amide bonds. The molecule has 0 saturated carbocycles. The number of alkyl halides is 3. The normalized spacial score (nSPS) is 11.3. The highest BCUT2D eigenvalue weighted by Crippen LogP contribution is 2.29. The first-order valence-corrected chi connectivity index (χ1v) is 7.01. The quantitative estimate of drug-likeness (QED) is 0.831. The first-order valence-electron chi connectivity index (χ1n) is 6.63. The van der Waals surface area contributed by atoms with E-state index < -0.39 is 11.7 Å². The Morgan fingerprint density at radius 1 is 1.09 bits per heavy atom. The molecular weight excluding hydrogens is 315 g/mol. The maximum Gasteiger partial charge on any atom is 0.416 e. The van der Waals surface area contributed by atoms with Crippen molar-refractivity contribution in [2.75, 3.05) is 19.0 Å². The molecule has 6 heteroatoms. The van der Waals surface area contributed by atoms with E-state index in [2.05, 4.69) is 5.32 Å². The maximum absolute atomic E-state index is 12.5. The number of rotatable bonds is 5. The number of benzene rings is 2. The molecule has 0 aliphatic rings. The van der Waals surface area contributed by atoms with E-state index in [1.54, 1.807) is 19.2 Å². The Bertz CT molecular complexity index is 626. The lowest BCUT2D eigenvalue weighted by Gasteiger charge is -2.10. The Morgan fingerprint density at radius 3 is 2.32 bits per heavy atom. The molecule has 0 saturated heterocycles. The van der Waals surface area contributed by atoms with Gasteiger partial charge in [-0.3, -0.25) is 0 Å². The Labute approximate surface area is 131 Å². The van der Waals surface area contributed by atoms with Gasteiger partial charge in [-0.2, -0.15) is 13.2 Å². The number of hydrogen-bond acceptors (Lipinski definition) is 2. The average molecular weight is 330 g/mol. The third-order valence-corrected chi connectivity index (χ3v) is 3.47. The Kier molecular flexibility index (Phi) is 5.19. The fraction of sp³-hybridized carbons (Fsp3) is 0.250. The second kappa shape index (κ2) is 6.92. The molecule has 0 aliphatic carbocycles. The fourth-order valence-electron chi connectivity index (χ4n) is 1.99. The van der Waals surface area contributed by atoms with E-state index in [0.29, 0.717) is 23.7 Å². The minimum Gasteiger partial charge on any atom is -0.495 e. The highest BCUT2D eigenvalue weighted by molar-refractivity contribution is 6.32. The highest BCUT2D eigenvalue weighted by atomic mass is 35.5. The molecule has 2 aromatic carbocycles. The lowest BCUT2D eigenvalue weighted by molar-refractivity contribution is -0.137. The number of nitrogens with one attached hydrogen (secondary N) is 1. The summed E-state index contributed by atoms with van der Waals surface area (Å²) in [7, 11) is 1.54. The van der Waals surface area contributed by atoms with Gasteiger partial charge in [-0.05, 0) is 42.3 Å². The van der Waals surface area contributed by atoms with Crippen LogP contribution in [0.5, 0.6) is 5.75 Å². The number of halogens is 4. The van der Waals surface area contributed by atoms with Crippen molar-refractivity contribution in [3.8, 4) is 5.75 Å². The van der Waals surface area contributed by atoms with Crippen LogP contribution in [0.25, 0.3) is 0 Å². The standard InChI is InChI=1S/C16H15ClF3NO/c1-22-15-7-6-13(10-14(15)17)21-9-8-11-2-4-12(5-3-11)16(18,19)20/h2-7,10,21H,8-9H2,1H3. The fourth-order valence-corrected chi connectivity index (χ4v) is 2.25. The van der Waals surface area contributed by atoms with Crippen LogP contribution in [-0.4, -0.2) is 13.7 Å². The van der Waals surface area contributed by atoms with E-state index in [1.807, 2.05) is 6.07 Å². The van der Waals surface area contributed by atoms with Gasteiger partial charge in [0, 0.05) is 12.2 Å². The molecule has 1 N–H and O–H groups in total. The summed E-state index contributed by atoms with van der Waals surface area (Å²) in [6.07, 6.45) is -3.68. The molecule has 0 aliphatic heterocycles. The van der Waals surface area contributed by atoms with Crippen molar-refractivity contribution < 1.29 is 17.9 Å². The molecule has 22 heavy (non-hydrogen) atoms. The molecule has 2 nitrogen and oxygen atoms in total. The van der Waals surface area contributed by atoms with E-state index in [0.717, 1.165) is 23.4 Å². The van der Waals surface area contributed by atoms with Crippen LogP contribution in [0.2, 0.25) is 5.02 Å². The van der Waals surface area contributed by atoms with Crippen molar-refractivity contribution in [3.63, 3.8) is 0 Å². The zero-order valence-electron chi connectivity index (χ0n) is 11.9. The molecule has 0 radical (unpaired) electrons. The molecular formula is C16H15ClF3NO. The lowest BCUT2D eigenvalue weighted by Crippen LogP contribution is -2.07. The van der Waals surface area contributed by atoms with Crippen molar-refractivity contribution in [2.24, 2.45) is 0 Å². The molecule has 0 spiro atoms. The first-order chi connectivity index (χ1) is 10.4. The second-order valence-electron chi connectivity index (χ2n) is 4.72. The minimum atomic E-state index is -4.30. The molecule has 2 rings (SSSR count). The van der Waals surface area contributed by atoms with Crippen molar-refractivity contribution in [1.29, 1.82) is 0 Å². The largest absolute Gasteiger partial charge is 0.495 e. The molecule has 0 bridgehead atoms. The van der Waals surface area contributed by atoms with Crippen LogP contribution < -0.4 is 10.1 Å². The van der Waals surface area contributed by atoms with Crippen molar-refractivity contribution in [2.45, 2.75) is 12.6 Å². The number of hydrogen-bond donors (Lipinski definition) is 1. The summed E-state index contributed by atoms with van der Waals surface area (Å²) >= 11 is 6.01. The van der Waals surface area contributed by atoms with Gasteiger partial charge in [0.05, 0.1) is 17.7 Å². The SMILES string of the molecule is COc1ccc(NCCc2ccc(C(F)(F)F)cc2)cc1Cl. The topological polar surface area (TPSA) is 21.3 Å². The Morgan fingerprint density at radius 2 is 1.77 bits per heavy atom. The molecule has 118 valence electrons. The Hall–Kier alpha value is -1.88. The van der Waals surface area contributed by atoms with Crippen LogP contribution in [0.3, 0.4) is 0 Å². The zero-order chi connectivity index (χ0) is 16.2. The van der Waals surface area contributed by atoms with Crippen molar-refractivity contribution in [1.82, 2.24) is 0 Å². The Balaban J connectivity index is 1.90. The number of anilines is 1. The molecule has 2 aromatic rings. The van der Waals surface area contributed by atoms with Crippen molar-refractivity contribution >= 4 is 17.3 Å². The van der Waals surface area contributed by atoms with Gasteiger partial charge < -0.3 is 10.1 Å². The van der Waals surface area contributed by atoms with Gasteiger partial charge in [-0.15, -0.1) is 0 Å². The van der Waals surface area contributed by atoms with Gasteiger partial charge in [-0.25, -0.2) is 0 Å². The van der Waals surface area contributed by atoms with Crippen molar-refractivity contribution in [3.05, 3.63) is 58.6 Å². The summed E-state index contributed by atoms with van der Waals surface area (Å²) < 4.78 is 42.4. The van der Waals surface area contributed by atoms with Crippen LogP contribution in [0, 0.1) is 0 Å². The molecule has 0 fully saturated rings. The van der Waals surface area contributed by atoms with E-state index in [1.165, 1.54) is 12.1 Å². The van der Waals surface area contributed by atoms with Crippen LogP contribution in [0.1, 0.15) is 11.1 Å². The predicted octanol–water partition coefficient (Wildman–Crippen LogP) is 5.02. The minimum absolute atomic E-state index is 0.502. The summed E-state index contributed by atoms with van der Waals surface area (Å²) in [6.45, 7) is 0.591. The van der Waals surface area contributed by atoms with Crippen LogP contribution in [-0.2, 0) is 12.6 Å². The van der Waals surface area contributed by atoms with Crippen LogP contribution in [0.15, 0.2) is 42.5 Å². The summed E-state index contributed by atoms with van der Waals surface area (Å²) in [5, 5.41) is 3.67. The molecule has 0 aromatic heterocycles. The third-order valence-electron chi connectivity index (χ3n) is 3.18. The smallest absolute Gasteiger partial charge is 0.416 e. The summed E-state index contributed by atoms with van der Waals surface area (Å²) in [5.41, 5.74) is 1.03. The highest BCUT2D eigenvalue weighted by Gasteiger charge is 2.29. The summed E-state index contributed by atoms with van der Waals surface area (Å²) in [4.78, 5) is 0. The number of ether oxygens (including phenoxy) is 1. The second-order valence-corrected chi connectivity index (χ2v) is 5.13.